The fraction of sp³-hybridized carbons (Fsp3) is 0.417. The van der Waals surface area contributed by atoms with Crippen LogP contribution in [0.5, 0.6) is 0 Å². The second kappa shape index (κ2) is 6.99. The van der Waals surface area contributed by atoms with Crippen LogP contribution in [0.25, 0.3) is 0 Å². The average molecular weight is 322 g/mol. The van der Waals surface area contributed by atoms with Gasteiger partial charge in [-0.2, -0.15) is 0 Å². The van der Waals surface area contributed by atoms with Crippen molar-refractivity contribution < 1.29 is 14.6 Å². The normalized spacial score (nSPS) is 12.2. The average Bonchev–Trinajstić information content (AvgIpc) is 2.26. The molecule has 1 aromatic rings. The van der Waals surface area contributed by atoms with Crippen molar-refractivity contribution in [3.05, 3.63) is 33.3 Å². The van der Waals surface area contributed by atoms with Gasteiger partial charge in [-0.1, -0.05) is 33.6 Å². The molecule has 17 heavy (non-hydrogen) atoms. The molecule has 1 unspecified atom stereocenters. The van der Waals surface area contributed by atoms with Gasteiger partial charge < -0.3 is 9.84 Å². The minimum Gasteiger partial charge on any atom is -0.466 e. The molecule has 0 fully saturated rings. The van der Waals surface area contributed by atoms with E-state index >= 15 is 0 Å². The highest BCUT2D eigenvalue weighted by atomic mass is 79.9. The molecule has 1 atom stereocenters. The Morgan fingerprint density at radius 1 is 1.59 bits per heavy atom. The summed E-state index contributed by atoms with van der Waals surface area (Å²) in [6, 6.07) is 5.25. The molecule has 94 valence electrons. The minimum atomic E-state index is -0.750. The number of esters is 1. The van der Waals surface area contributed by atoms with Gasteiger partial charge in [-0.15, -0.1) is 0 Å². The van der Waals surface area contributed by atoms with E-state index in [1.54, 1.807) is 25.1 Å². The maximum Gasteiger partial charge on any atom is 0.305 e. The fourth-order valence-corrected chi connectivity index (χ4v) is 2.21. The zero-order valence-electron chi connectivity index (χ0n) is 9.45. The number of carbonyl (C=O) groups is 1. The summed E-state index contributed by atoms with van der Waals surface area (Å²) in [5.41, 5.74) is 0.624. The van der Waals surface area contributed by atoms with Gasteiger partial charge in [0.25, 0.3) is 0 Å². The van der Waals surface area contributed by atoms with Crippen LogP contribution in [0.3, 0.4) is 0 Å². The van der Waals surface area contributed by atoms with Crippen LogP contribution in [-0.4, -0.2) is 17.7 Å². The minimum absolute atomic E-state index is 0.182. The number of hydrogen-bond donors (Lipinski definition) is 1. The Morgan fingerprint density at radius 3 is 2.88 bits per heavy atom. The lowest BCUT2D eigenvalue weighted by molar-refractivity contribution is -0.143. The second-order valence-corrected chi connectivity index (χ2v) is 4.85. The molecule has 0 aliphatic carbocycles. The maximum atomic E-state index is 11.1. The lowest BCUT2D eigenvalue weighted by Gasteiger charge is -2.12. The number of halogens is 2. The highest BCUT2D eigenvalue weighted by Crippen LogP contribution is 2.28. The van der Waals surface area contributed by atoms with E-state index in [9.17, 15) is 9.90 Å². The van der Waals surface area contributed by atoms with Gasteiger partial charge in [0.15, 0.2) is 0 Å². The third-order valence-electron chi connectivity index (χ3n) is 2.25. The molecule has 0 heterocycles. The summed E-state index contributed by atoms with van der Waals surface area (Å²) < 4.78 is 5.64. The Bertz CT molecular complexity index is 395. The van der Waals surface area contributed by atoms with E-state index in [0.29, 0.717) is 23.6 Å². The molecule has 5 heteroatoms. The lowest BCUT2D eigenvalue weighted by atomic mass is 10.1. The van der Waals surface area contributed by atoms with E-state index in [-0.39, 0.29) is 12.4 Å². The predicted molar refractivity (Wildman–Crippen MR) is 70.0 cm³/mol. The SMILES string of the molecule is CCOC(=O)CCC(O)c1ccc(Br)cc1Cl. The predicted octanol–water partition coefficient (Wildman–Crippen LogP) is 3.48. The molecule has 0 saturated heterocycles. The molecule has 0 aliphatic rings. The van der Waals surface area contributed by atoms with E-state index in [4.69, 9.17) is 16.3 Å². The Morgan fingerprint density at radius 2 is 2.29 bits per heavy atom. The molecule has 1 rings (SSSR count). The van der Waals surface area contributed by atoms with E-state index in [0.717, 1.165) is 4.47 Å². The molecular formula is C12H14BrClO3. The van der Waals surface area contributed by atoms with Gasteiger partial charge in [0.1, 0.15) is 0 Å². The van der Waals surface area contributed by atoms with Gasteiger partial charge in [0, 0.05) is 15.9 Å². The first-order valence-electron chi connectivity index (χ1n) is 5.33. The van der Waals surface area contributed by atoms with Gasteiger partial charge in [-0.3, -0.25) is 4.79 Å². The molecule has 0 amide bonds. The second-order valence-electron chi connectivity index (χ2n) is 3.53. The Balaban J connectivity index is 2.57. The van der Waals surface area contributed by atoms with Crippen LogP contribution < -0.4 is 0 Å². The molecule has 0 aliphatic heterocycles. The number of benzene rings is 1. The van der Waals surface area contributed by atoms with E-state index in [1.807, 2.05) is 0 Å². The number of carbonyl (C=O) groups excluding carboxylic acids is 1. The summed E-state index contributed by atoms with van der Waals surface area (Å²) in [4.78, 5) is 11.1. The number of rotatable bonds is 5. The number of ether oxygens (including phenoxy) is 1. The summed E-state index contributed by atoms with van der Waals surface area (Å²) in [7, 11) is 0. The fourth-order valence-electron chi connectivity index (χ4n) is 1.41. The van der Waals surface area contributed by atoms with E-state index in [1.165, 1.54) is 0 Å². The Labute approximate surface area is 114 Å². The van der Waals surface area contributed by atoms with Crippen molar-refractivity contribution in [3.63, 3.8) is 0 Å². The summed E-state index contributed by atoms with van der Waals surface area (Å²) >= 11 is 9.28. The summed E-state index contributed by atoms with van der Waals surface area (Å²) in [6.07, 6.45) is -0.262. The molecule has 3 nitrogen and oxygen atoms in total. The van der Waals surface area contributed by atoms with Crippen molar-refractivity contribution in [1.29, 1.82) is 0 Å². The van der Waals surface area contributed by atoms with Gasteiger partial charge in [0.2, 0.25) is 0 Å². The highest BCUT2D eigenvalue weighted by molar-refractivity contribution is 9.10. The van der Waals surface area contributed by atoms with Crippen molar-refractivity contribution >= 4 is 33.5 Å². The Kier molecular flexibility index (Phi) is 5.95. The number of aliphatic hydroxyl groups is 1. The molecule has 0 aromatic heterocycles. The smallest absolute Gasteiger partial charge is 0.305 e. The van der Waals surface area contributed by atoms with Gasteiger partial charge in [-0.25, -0.2) is 0 Å². The van der Waals surface area contributed by atoms with Crippen LogP contribution in [0.4, 0.5) is 0 Å². The summed E-state index contributed by atoms with van der Waals surface area (Å²) in [5.74, 6) is -0.306. The van der Waals surface area contributed by atoms with Crippen LogP contribution in [0, 0.1) is 0 Å². The first-order valence-corrected chi connectivity index (χ1v) is 6.50. The zero-order valence-corrected chi connectivity index (χ0v) is 11.8. The zero-order chi connectivity index (χ0) is 12.8. The summed E-state index contributed by atoms with van der Waals surface area (Å²) in [5, 5.41) is 10.4. The van der Waals surface area contributed by atoms with Gasteiger partial charge >= 0.3 is 5.97 Å². The van der Waals surface area contributed by atoms with Crippen molar-refractivity contribution in [1.82, 2.24) is 0 Å². The van der Waals surface area contributed by atoms with E-state index < -0.39 is 6.10 Å². The first kappa shape index (κ1) is 14.5. The van der Waals surface area contributed by atoms with Crippen LogP contribution >= 0.6 is 27.5 Å². The molecule has 0 bridgehead atoms. The van der Waals surface area contributed by atoms with E-state index in [2.05, 4.69) is 15.9 Å². The van der Waals surface area contributed by atoms with Crippen molar-refractivity contribution in [3.8, 4) is 0 Å². The molecule has 0 spiro atoms. The van der Waals surface area contributed by atoms with Crippen molar-refractivity contribution in [2.75, 3.05) is 6.61 Å². The molecule has 1 aromatic carbocycles. The third-order valence-corrected chi connectivity index (χ3v) is 3.07. The topological polar surface area (TPSA) is 46.5 Å². The van der Waals surface area contributed by atoms with Crippen molar-refractivity contribution in [2.45, 2.75) is 25.9 Å². The van der Waals surface area contributed by atoms with Crippen LogP contribution in [0.2, 0.25) is 5.02 Å². The lowest BCUT2D eigenvalue weighted by Crippen LogP contribution is -2.07. The number of aliphatic hydroxyl groups excluding tert-OH is 1. The van der Waals surface area contributed by atoms with Gasteiger partial charge in [0.05, 0.1) is 12.7 Å². The standard InChI is InChI=1S/C12H14BrClO3/c1-2-17-12(16)6-5-11(15)9-4-3-8(13)7-10(9)14/h3-4,7,11,15H,2,5-6H2,1H3. The maximum absolute atomic E-state index is 11.1. The first-order chi connectivity index (χ1) is 8.04. The molecule has 0 radical (unpaired) electrons. The quantitative estimate of drug-likeness (QED) is 0.845. The third kappa shape index (κ3) is 4.66. The van der Waals surface area contributed by atoms with Crippen LogP contribution in [0.1, 0.15) is 31.4 Å². The molecule has 1 N–H and O–H groups in total. The van der Waals surface area contributed by atoms with Crippen LogP contribution in [-0.2, 0) is 9.53 Å². The largest absolute Gasteiger partial charge is 0.466 e. The van der Waals surface area contributed by atoms with Crippen molar-refractivity contribution in [2.24, 2.45) is 0 Å². The molecule has 0 saturated carbocycles. The number of hydrogen-bond acceptors (Lipinski definition) is 3. The van der Waals surface area contributed by atoms with Crippen LogP contribution in [0.15, 0.2) is 22.7 Å². The highest BCUT2D eigenvalue weighted by Gasteiger charge is 2.14. The van der Waals surface area contributed by atoms with Gasteiger partial charge in [-0.05, 0) is 31.0 Å². The Hall–Kier alpha value is -0.580. The molecular weight excluding hydrogens is 307 g/mol. The summed E-state index contributed by atoms with van der Waals surface area (Å²) in [6.45, 7) is 2.11. The monoisotopic (exact) mass is 320 g/mol.